The fraction of sp³-hybridized carbons (Fsp3) is 0.909. The molecule has 0 aromatic carbocycles. The minimum Gasteiger partial charge on any atom is -0.353 e. The van der Waals surface area contributed by atoms with E-state index in [1.54, 1.807) is 0 Å². The summed E-state index contributed by atoms with van der Waals surface area (Å²) < 4.78 is 0. The molecular formula is C11H24N2OS. The van der Waals surface area contributed by atoms with Crippen LogP contribution in [0.25, 0.3) is 0 Å². The van der Waals surface area contributed by atoms with Crippen LogP contribution in [0.3, 0.4) is 0 Å². The molecule has 0 fully saturated rings. The second-order valence-corrected chi connectivity index (χ2v) is 5.84. The van der Waals surface area contributed by atoms with Gasteiger partial charge in [0, 0.05) is 12.6 Å². The number of carbonyl (C=O) groups excluding carboxylic acids is 1. The zero-order valence-corrected chi connectivity index (χ0v) is 11.1. The van der Waals surface area contributed by atoms with E-state index in [0.29, 0.717) is 6.54 Å². The summed E-state index contributed by atoms with van der Waals surface area (Å²) in [4.78, 5) is 11.7. The predicted molar refractivity (Wildman–Crippen MR) is 68.1 cm³/mol. The molecule has 0 aliphatic rings. The molecule has 1 atom stereocenters. The van der Waals surface area contributed by atoms with Gasteiger partial charge in [-0.15, -0.1) is 0 Å². The highest BCUT2D eigenvalue weighted by Crippen LogP contribution is 2.13. The molecule has 0 saturated heterocycles. The van der Waals surface area contributed by atoms with Gasteiger partial charge in [0.25, 0.3) is 0 Å². The van der Waals surface area contributed by atoms with Crippen LogP contribution in [-0.4, -0.2) is 30.0 Å². The topological polar surface area (TPSA) is 55.1 Å². The third kappa shape index (κ3) is 6.05. The van der Waals surface area contributed by atoms with E-state index in [1.807, 2.05) is 32.5 Å². The van der Waals surface area contributed by atoms with Crippen molar-refractivity contribution in [1.82, 2.24) is 5.32 Å². The van der Waals surface area contributed by atoms with Gasteiger partial charge in [-0.2, -0.15) is 11.8 Å². The van der Waals surface area contributed by atoms with Gasteiger partial charge in [-0.3, -0.25) is 4.79 Å². The number of hydrogen-bond donors (Lipinski definition) is 2. The lowest BCUT2D eigenvalue weighted by molar-refractivity contribution is -0.129. The van der Waals surface area contributed by atoms with E-state index in [9.17, 15) is 4.79 Å². The van der Waals surface area contributed by atoms with Crippen molar-refractivity contribution in [2.45, 2.75) is 40.2 Å². The largest absolute Gasteiger partial charge is 0.353 e. The number of amides is 1. The number of carbonyl (C=O) groups is 1. The van der Waals surface area contributed by atoms with E-state index in [-0.39, 0.29) is 11.9 Å². The first-order chi connectivity index (χ1) is 6.94. The maximum absolute atomic E-state index is 11.7. The Hall–Kier alpha value is -0.220. The molecular weight excluding hydrogens is 208 g/mol. The van der Waals surface area contributed by atoms with E-state index in [0.717, 1.165) is 17.9 Å². The molecule has 0 rings (SSSR count). The molecule has 90 valence electrons. The molecule has 0 heterocycles. The van der Waals surface area contributed by atoms with Crippen LogP contribution in [-0.2, 0) is 4.79 Å². The van der Waals surface area contributed by atoms with E-state index >= 15 is 0 Å². The average Bonchev–Trinajstić information content (AvgIpc) is 2.18. The number of nitrogens with two attached hydrogens (primary N) is 1. The maximum atomic E-state index is 11.7. The second kappa shape index (κ2) is 7.12. The van der Waals surface area contributed by atoms with Gasteiger partial charge in [-0.1, -0.05) is 6.92 Å². The van der Waals surface area contributed by atoms with Gasteiger partial charge < -0.3 is 11.1 Å². The van der Waals surface area contributed by atoms with E-state index in [1.165, 1.54) is 0 Å². The van der Waals surface area contributed by atoms with Crippen molar-refractivity contribution in [1.29, 1.82) is 0 Å². The average molecular weight is 232 g/mol. The van der Waals surface area contributed by atoms with Crippen molar-refractivity contribution in [3.8, 4) is 0 Å². The smallest absolute Gasteiger partial charge is 0.227 e. The number of nitrogens with one attached hydrogen (secondary N) is 1. The third-order valence-electron chi connectivity index (χ3n) is 2.40. The Kier molecular flexibility index (Phi) is 7.02. The van der Waals surface area contributed by atoms with Gasteiger partial charge in [0.1, 0.15) is 0 Å². The van der Waals surface area contributed by atoms with E-state index in [2.05, 4.69) is 12.2 Å². The molecule has 0 saturated carbocycles. The monoisotopic (exact) mass is 232 g/mol. The lowest BCUT2D eigenvalue weighted by atomic mass is 9.92. The Morgan fingerprint density at radius 1 is 1.53 bits per heavy atom. The lowest BCUT2D eigenvalue weighted by Gasteiger charge is -2.24. The fourth-order valence-corrected chi connectivity index (χ4v) is 1.80. The molecule has 0 aliphatic heterocycles. The number of rotatable bonds is 7. The van der Waals surface area contributed by atoms with Crippen molar-refractivity contribution < 1.29 is 4.79 Å². The summed E-state index contributed by atoms with van der Waals surface area (Å²) in [5, 5.41) is 3.00. The highest BCUT2D eigenvalue weighted by Gasteiger charge is 2.26. The van der Waals surface area contributed by atoms with Crippen molar-refractivity contribution in [2.75, 3.05) is 18.1 Å². The maximum Gasteiger partial charge on any atom is 0.227 e. The van der Waals surface area contributed by atoms with Crippen LogP contribution in [0.1, 0.15) is 34.1 Å². The molecule has 3 nitrogen and oxygen atoms in total. The Morgan fingerprint density at radius 3 is 2.60 bits per heavy atom. The van der Waals surface area contributed by atoms with E-state index in [4.69, 9.17) is 5.73 Å². The lowest BCUT2D eigenvalue weighted by Crippen LogP contribution is -2.45. The van der Waals surface area contributed by atoms with Crippen LogP contribution in [0.4, 0.5) is 0 Å². The molecule has 0 aliphatic carbocycles. The summed E-state index contributed by atoms with van der Waals surface area (Å²) in [6.07, 6.45) is 1.02. The van der Waals surface area contributed by atoms with Crippen molar-refractivity contribution in [3.05, 3.63) is 0 Å². The molecule has 0 bridgehead atoms. The first kappa shape index (κ1) is 14.8. The van der Waals surface area contributed by atoms with Gasteiger partial charge in [-0.05, 0) is 38.7 Å². The summed E-state index contributed by atoms with van der Waals surface area (Å²) >= 11 is 1.90. The van der Waals surface area contributed by atoms with Gasteiger partial charge in [0.15, 0.2) is 0 Å². The van der Waals surface area contributed by atoms with Crippen LogP contribution >= 0.6 is 11.8 Å². The van der Waals surface area contributed by atoms with Crippen LogP contribution in [0, 0.1) is 5.41 Å². The van der Waals surface area contributed by atoms with E-state index < -0.39 is 5.41 Å². The Labute approximate surface area is 97.6 Å². The molecule has 0 aromatic heterocycles. The highest BCUT2D eigenvalue weighted by molar-refractivity contribution is 7.99. The molecule has 0 spiro atoms. The molecule has 1 unspecified atom stereocenters. The van der Waals surface area contributed by atoms with Crippen LogP contribution in [0.5, 0.6) is 0 Å². The van der Waals surface area contributed by atoms with Crippen LogP contribution < -0.4 is 11.1 Å². The molecule has 0 aromatic rings. The van der Waals surface area contributed by atoms with Crippen molar-refractivity contribution in [3.63, 3.8) is 0 Å². The summed E-state index contributed by atoms with van der Waals surface area (Å²) in [7, 11) is 0. The summed E-state index contributed by atoms with van der Waals surface area (Å²) in [5.41, 5.74) is 5.09. The Bertz CT molecular complexity index is 195. The number of hydrogen-bond acceptors (Lipinski definition) is 3. The second-order valence-electron chi connectivity index (χ2n) is 4.45. The van der Waals surface area contributed by atoms with Crippen LogP contribution in [0.2, 0.25) is 0 Å². The number of thioether (sulfide) groups is 1. The minimum atomic E-state index is -0.452. The SMILES string of the molecule is CCSCCC(C)NC(=O)C(C)(C)CN. The third-order valence-corrected chi connectivity index (χ3v) is 3.33. The summed E-state index contributed by atoms with van der Waals surface area (Å²) in [6, 6.07) is 0.238. The van der Waals surface area contributed by atoms with Gasteiger partial charge in [-0.25, -0.2) is 0 Å². The normalized spacial score (nSPS) is 13.7. The predicted octanol–water partition coefficient (Wildman–Crippen LogP) is 1.62. The Balaban J connectivity index is 3.86. The zero-order chi connectivity index (χ0) is 11.9. The minimum absolute atomic E-state index is 0.0546. The summed E-state index contributed by atoms with van der Waals surface area (Å²) in [5.74, 6) is 2.29. The first-order valence-electron chi connectivity index (χ1n) is 5.52. The van der Waals surface area contributed by atoms with Crippen molar-refractivity contribution in [2.24, 2.45) is 11.1 Å². The standard InChI is InChI=1S/C11H24N2OS/c1-5-15-7-6-9(2)13-10(14)11(3,4)8-12/h9H,5-8,12H2,1-4H3,(H,13,14). The molecule has 0 radical (unpaired) electrons. The molecule has 15 heavy (non-hydrogen) atoms. The highest BCUT2D eigenvalue weighted by atomic mass is 32.2. The van der Waals surface area contributed by atoms with Crippen LogP contribution in [0.15, 0.2) is 0 Å². The fourth-order valence-electron chi connectivity index (χ4n) is 0.988. The van der Waals surface area contributed by atoms with Gasteiger partial charge >= 0.3 is 0 Å². The Morgan fingerprint density at radius 2 is 2.13 bits per heavy atom. The van der Waals surface area contributed by atoms with Gasteiger partial charge in [0.2, 0.25) is 5.91 Å². The quantitative estimate of drug-likeness (QED) is 0.656. The zero-order valence-electron chi connectivity index (χ0n) is 10.3. The molecule has 1 amide bonds. The molecule has 4 heteroatoms. The summed E-state index contributed by atoms with van der Waals surface area (Å²) in [6.45, 7) is 8.31. The molecule has 3 N–H and O–H groups in total. The van der Waals surface area contributed by atoms with Gasteiger partial charge in [0.05, 0.1) is 5.41 Å². The first-order valence-corrected chi connectivity index (χ1v) is 6.68. The van der Waals surface area contributed by atoms with Crippen molar-refractivity contribution >= 4 is 17.7 Å².